The number of aliphatic hydroxyl groups is 2. The van der Waals surface area contributed by atoms with Gasteiger partial charge in [-0.1, -0.05) is 72.8 Å². The third kappa shape index (κ3) is 6.22. The predicted molar refractivity (Wildman–Crippen MR) is 184 cm³/mol. The lowest BCUT2D eigenvalue weighted by Gasteiger charge is -2.32. The molecule has 4 aromatic rings. The fraction of sp³-hybridized carbons (Fsp3) is 0.389. The van der Waals surface area contributed by atoms with Gasteiger partial charge in [0.1, 0.15) is 6.10 Å². The lowest BCUT2D eigenvalue weighted by atomic mass is 9.82. The van der Waals surface area contributed by atoms with Crippen molar-refractivity contribution in [2.24, 2.45) is 5.92 Å². The number of ether oxygens (including phenoxy) is 1. The average molecular weight is 670 g/mol. The molecule has 2 amide bonds. The lowest BCUT2D eigenvalue weighted by molar-refractivity contribution is -0.146. The summed E-state index contributed by atoms with van der Waals surface area (Å²) in [5, 5.41) is 31.2. The molecule has 252 valence electrons. The number of aryl methyl sites for hydroxylation is 1. The van der Waals surface area contributed by atoms with Crippen LogP contribution < -0.4 is 10.2 Å². The molecule has 0 radical (unpaired) electrons. The fourth-order valence-electron chi connectivity index (χ4n) is 7.53. The molecule has 0 aliphatic carbocycles. The number of rotatable bonds is 11. The number of fused-ring (bicyclic) bond motifs is 2. The molecule has 0 bridgehead atoms. The minimum atomic E-state index is -2.86. The highest BCUT2D eigenvalue weighted by molar-refractivity contribution is 6.71. The Balaban J connectivity index is 1.26. The number of nitrogens with one attached hydrogen (secondary N) is 1. The molecule has 6 atom stereocenters. The maximum atomic E-state index is 14.7. The van der Waals surface area contributed by atoms with Gasteiger partial charge in [-0.25, -0.2) is 0 Å². The molecule has 0 saturated carbocycles. The van der Waals surface area contributed by atoms with Crippen molar-refractivity contribution >= 4 is 31.5 Å². The molecule has 1 fully saturated rings. The van der Waals surface area contributed by atoms with Crippen molar-refractivity contribution in [2.75, 3.05) is 16.8 Å². The minimum absolute atomic E-state index is 0.0976. The number of aromatic nitrogens is 3. The highest BCUT2D eigenvalue weighted by Gasteiger charge is 2.66. The number of carbonyl (C=O) groups is 2. The molecule has 1 spiro atoms. The van der Waals surface area contributed by atoms with Crippen molar-refractivity contribution in [1.29, 1.82) is 0 Å². The zero-order valence-electron chi connectivity index (χ0n) is 27.7. The third-order valence-electron chi connectivity index (χ3n) is 9.75. The Morgan fingerprint density at radius 2 is 1.81 bits per heavy atom. The first-order chi connectivity index (χ1) is 22.9. The van der Waals surface area contributed by atoms with Crippen LogP contribution in [0.2, 0.25) is 18.6 Å². The van der Waals surface area contributed by atoms with E-state index in [2.05, 4.69) is 15.6 Å². The van der Waals surface area contributed by atoms with Crippen LogP contribution in [0.5, 0.6) is 0 Å². The lowest BCUT2D eigenvalue weighted by Crippen LogP contribution is -2.46. The maximum absolute atomic E-state index is 14.7. The number of hydrogen-bond acceptors (Lipinski definition) is 8. The predicted octanol–water partition coefficient (Wildman–Crippen LogP) is 4.16. The van der Waals surface area contributed by atoms with Gasteiger partial charge in [-0.2, -0.15) is 0 Å². The Morgan fingerprint density at radius 3 is 2.52 bits per heavy atom. The molecule has 11 nitrogen and oxygen atoms in total. The zero-order chi connectivity index (χ0) is 34.2. The van der Waals surface area contributed by atoms with Crippen molar-refractivity contribution < 1.29 is 29.3 Å². The summed E-state index contributed by atoms with van der Waals surface area (Å²) >= 11 is 0. The molecule has 3 aromatic carbocycles. The maximum Gasteiger partial charge on any atom is 0.264 e. The quantitative estimate of drug-likeness (QED) is 0.174. The molecule has 1 unspecified atom stereocenters. The zero-order valence-corrected chi connectivity index (χ0v) is 28.7. The summed E-state index contributed by atoms with van der Waals surface area (Å²) in [4.78, 5) is 40.1. The summed E-state index contributed by atoms with van der Waals surface area (Å²) in [7, 11) is -2.86. The van der Waals surface area contributed by atoms with Crippen LogP contribution in [0.1, 0.15) is 48.6 Å². The molecule has 2 aliphatic rings. The normalized spacial score (nSPS) is 23.4. The van der Waals surface area contributed by atoms with Gasteiger partial charge in [-0.15, -0.1) is 5.10 Å². The first kappa shape index (κ1) is 33.7. The van der Waals surface area contributed by atoms with E-state index < -0.39 is 32.0 Å². The second kappa shape index (κ2) is 13.4. The van der Waals surface area contributed by atoms with Gasteiger partial charge >= 0.3 is 0 Å². The van der Waals surface area contributed by atoms with E-state index in [-0.39, 0.29) is 36.4 Å². The van der Waals surface area contributed by atoms with E-state index in [1.807, 2.05) is 86.9 Å². The Hall–Kier alpha value is -4.20. The van der Waals surface area contributed by atoms with E-state index >= 15 is 0 Å². The van der Waals surface area contributed by atoms with Crippen molar-refractivity contribution in [3.05, 3.63) is 107 Å². The van der Waals surface area contributed by atoms with Crippen molar-refractivity contribution in [3.8, 4) is 0 Å². The number of hydrogen-bond donors (Lipinski definition) is 4. The summed E-state index contributed by atoms with van der Waals surface area (Å²) in [5.74, 6) is -1.30. The molecule has 48 heavy (non-hydrogen) atoms. The first-order valence-corrected chi connectivity index (χ1v) is 19.4. The van der Waals surface area contributed by atoms with Gasteiger partial charge in [0, 0.05) is 35.5 Å². The summed E-state index contributed by atoms with van der Waals surface area (Å²) in [5.41, 5.74) is 2.95. The van der Waals surface area contributed by atoms with Crippen LogP contribution in [0.4, 0.5) is 11.4 Å². The largest absolute Gasteiger partial charge is 0.432 e. The topological polar surface area (TPSA) is 150 Å². The molecule has 2 aliphatic heterocycles. The second-order valence-electron chi connectivity index (χ2n) is 13.5. The average Bonchev–Trinajstić information content (AvgIpc) is 3.71. The van der Waals surface area contributed by atoms with Crippen LogP contribution in [0, 0.1) is 5.92 Å². The van der Waals surface area contributed by atoms with Gasteiger partial charge in [-0.05, 0) is 55.8 Å². The highest BCUT2D eigenvalue weighted by atomic mass is 28.4. The van der Waals surface area contributed by atoms with Crippen LogP contribution in [-0.2, 0) is 33.0 Å². The Bertz CT molecular complexity index is 1780. The highest BCUT2D eigenvalue weighted by Crippen LogP contribution is 2.59. The van der Waals surface area contributed by atoms with Crippen LogP contribution >= 0.6 is 0 Å². The Morgan fingerprint density at radius 1 is 1.08 bits per heavy atom. The fourth-order valence-corrected chi connectivity index (χ4v) is 10.1. The molecule has 12 heteroatoms. The van der Waals surface area contributed by atoms with Crippen LogP contribution in [0.3, 0.4) is 0 Å². The number of para-hydroxylation sites is 1. The monoisotopic (exact) mass is 669 g/mol. The number of anilines is 2. The summed E-state index contributed by atoms with van der Waals surface area (Å²) in [6, 6.07) is 24.6. The van der Waals surface area contributed by atoms with E-state index in [1.54, 1.807) is 27.8 Å². The first-order valence-electron chi connectivity index (χ1n) is 16.4. The standard InChI is InChI=1S/C36H43N5O6Si/c1-23-33(48(3,4)46)32(17-18-40-21-30(38-39-40)28(22-42)26-12-6-5-7-13-26)47-36(23)29-15-8-9-16-31(29)41(35(36)45)20-25-11-10-14-27(19-25)37-34(44)24(2)43/h5-16,19,21,23-24,28,32-33,42-43,46H,17-18,20,22H2,1-4H3,(H,37,44)/t23-,24-,28?,32+,33-,36+/m0/s1. The smallest absolute Gasteiger partial charge is 0.264 e. The minimum Gasteiger partial charge on any atom is -0.432 e. The van der Waals surface area contributed by atoms with Gasteiger partial charge < -0.3 is 30.0 Å². The Labute approximate surface area is 281 Å². The molecule has 4 N–H and O–H groups in total. The van der Waals surface area contributed by atoms with Gasteiger partial charge in [0.25, 0.3) is 11.8 Å². The Kier molecular flexibility index (Phi) is 9.38. The molecular formula is C36H43N5O6Si. The van der Waals surface area contributed by atoms with Gasteiger partial charge in [0.05, 0.1) is 36.6 Å². The van der Waals surface area contributed by atoms with Crippen molar-refractivity contribution in [1.82, 2.24) is 15.0 Å². The number of aliphatic hydroxyl groups excluding tert-OH is 2. The molecule has 3 heterocycles. The van der Waals surface area contributed by atoms with Crippen molar-refractivity contribution in [2.45, 2.75) is 75.7 Å². The molecule has 1 saturated heterocycles. The van der Waals surface area contributed by atoms with Crippen LogP contribution in [-0.4, -0.2) is 68.9 Å². The van der Waals surface area contributed by atoms with Gasteiger partial charge in [0.2, 0.25) is 0 Å². The summed E-state index contributed by atoms with van der Waals surface area (Å²) in [6.07, 6.45) is 0.776. The van der Waals surface area contributed by atoms with E-state index in [1.165, 1.54) is 6.92 Å². The number of amides is 2. The van der Waals surface area contributed by atoms with E-state index in [4.69, 9.17) is 4.74 Å². The number of benzene rings is 3. The summed E-state index contributed by atoms with van der Waals surface area (Å²) in [6.45, 7) is 7.83. The van der Waals surface area contributed by atoms with Gasteiger partial charge in [-0.3, -0.25) is 14.3 Å². The third-order valence-corrected chi connectivity index (χ3v) is 12.2. The van der Waals surface area contributed by atoms with E-state index in [0.29, 0.717) is 24.3 Å². The molecule has 6 rings (SSSR count). The molecule has 1 aromatic heterocycles. The van der Waals surface area contributed by atoms with Crippen molar-refractivity contribution in [3.63, 3.8) is 0 Å². The van der Waals surface area contributed by atoms with Crippen LogP contribution in [0.25, 0.3) is 0 Å². The summed E-state index contributed by atoms with van der Waals surface area (Å²) < 4.78 is 8.67. The van der Waals surface area contributed by atoms with E-state index in [9.17, 15) is 24.6 Å². The number of nitrogens with zero attached hydrogens (tertiary/aromatic N) is 4. The number of carbonyl (C=O) groups excluding carboxylic acids is 2. The molecular weight excluding hydrogens is 627 g/mol. The van der Waals surface area contributed by atoms with Crippen LogP contribution in [0.15, 0.2) is 85.1 Å². The second-order valence-corrected chi connectivity index (χ2v) is 17.4. The van der Waals surface area contributed by atoms with Gasteiger partial charge in [0.15, 0.2) is 13.9 Å². The SMILES string of the molecule is C[C@H](O)C(=O)Nc1cccc(CN2C(=O)[C@]3(O[C@H](CCn4cc(C(CO)c5ccccc5)nn4)[C@@H]([Si](C)(C)O)[C@@H]3C)c3ccccc32)c1. The van der Waals surface area contributed by atoms with E-state index in [0.717, 1.165) is 22.4 Å².